The highest BCUT2D eigenvalue weighted by Gasteiger charge is 2.34. The Morgan fingerprint density at radius 3 is 2.88 bits per heavy atom. The van der Waals surface area contributed by atoms with E-state index in [2.05, 4.69) is 29.7 Å². The van der Waals surface area contributed by atoms with Gasteiger partial charge in [0.1, 0.15) is 0 Å². The Morgan fingerprint density at radius 1 is 1.35 bits per heavy atom. The van der Waals surface area contributed by atoms with Crippen LogP contribution >= 0.6 is 0 Å². The van der Waals surface area contributed by atoms with Gasteiger partial charge < -0.3 is 10.6 Å². The van der Waals surface area contributed by atoms with Crippen molar-refractivity contribution >= 4 is 5.91 Å². The lowest BCUT2D eigenvalue weighted by Crippen LogP contribution is -2.45. The minimum atomic E-state index is -0.0412. The summed E-state index contributed by atoms with van der Waals surface area (Å²) in [5, 5.41) is 6.52. The standard InChI is InChI=1S/C14H18N2O/c1-9-13(14(17)16-11-6-7-11)12-5-3-2-4-10(12)8-15-9/h2-5,9,11,13,15H,6-8H2,1H3,(H,16,17). The molecule has 3 heteroatoms. The first-order valence-corrected chi connectivity index (χ1v) is 6.37. The molecule has 2 aliphatic rings. The van der Waals surface area contributed by atoms with E-state index in [1.54, 1.807) is 0 Å². The van der Waals surface area contributed by atoms with Crippen LogP contribution in [0.25, 0.3) is 0 Å². The SMILES string of the molecule is CC1NCc2ccccc2C1C(=O)NC1CC1. The second-order valence-electron chi connectivity index (χ2n) is 5.13. The summed E-state index contributed by atoms with van der Waals surface area (Å²) < 4.78 is 0. The van der Waals surface area contributed by atoms with E-state index < -0.39 is 0 Å². The molecule has 2 N–H and O–H groups in total. The fourth-order valence-electron chi connectivity index (χ4n) is 2.54. The number of nitrogens with one attached hydrogen (secondary N) is 2. The van der Waals surface area contributed by atoms with Crippen molar-refractivity contribution in [2.75, 3.05) is 0 Å². The number of hydrogen-bond acceptors (Lipinski definition) is 2. The lowest BCUT2D eigenvalue weighted by Gasteiger charge is -2.31. The predicted octanol–water partition coefficient (Wildman–Crippen LogP) is 1.54. The first-order chi connectivity index (χ1) is 8.25. The molecule has 2 unspecified atom stereocenters. The van der Waals surface area contributed by atoms with E-state index in [0.717, 1.165) is 19.4 Å². The average Bonchev–Trinajstić information content (AvgIpc) is 3.12. The second kappa shape index (κ2) is 4.15. The van der Waals surface area contributed by atoms with Crippen molar-refractivity contribution in [3.63, 3.8) is 0 Å². The van der Waals surface area contributed by atoms with Crippen LogP contribution in [0.4, 0.5) is 0 Å². The largest absolute Gasteiger partial charge is 0.353 e. The Morgan fingerprint density at radius 2 is 2.12 bits per heavy atom. The van der Waals surface area contributed by atoms with E-state index in [4.69, 9.17) is 0 Å². The van der Waals surface area contributed by atoms with Crippen LogP contribution in [0.3, 0.4) is 0 Å². The molecule has 1 aliphatic heterocycles. The monoisotopic (exact) mass is 230 g/mol. The maximum absolute atomic E-state index is 12.3. The highest BCUT2D eigenvalue weighted by molar-refractivity contribution is 5.85. The van der Waals surface area contributed by atoms with E-state index in [0.29, 0.717) is 6.04 Å². The van der Waals surface area contributed by atoms with Gasteiger partial charge in [-0.1, -0.05) is 24.3 Å². The highest BCUT2D eigenvalue weighted by atomic mass is 16.2. The molecule has 1 saturated carbocycles. The molecule has 3 nitrogen and oxygen atoms in total. The number of hydrogen-bond donors (Lipinski definition) is 2. The van der Waals surface area contributed by atoms with Crippen LogP contribution < -0.4 is 10.6 Å². The van der Waals surface area contributed by atoms with E-state index in [9.17, 15) is 4.79 Å². The summed E-state index contributed by atoms with van der Waals surface area (Å²) in [7, 11) is 0. The molecule has 1 aliphatic carbocycles. The van der Waals surface area contributed by atoms with Crippen molar-refractivity contribution in [2.24, 2.45) is 0 Å². The summed E-state index contributed by atoms with van der Waals surface area (Å²) in [6.07, 6.45) is 2.28. The summed E-state index contributed by atoms with van der Waals surface area (Å²) in [6, 6.07) is 8.89. The number of fused-ring (bicyclic) bond motifs is 1. The van der Waals surface area contributed by atoms with Crippen LogP contribution in [-0.4, -0.2) is 18.0 Å². The van der Waals surface area contributed by atoms with E-state index in [1.807, 2.05) is 12.1 Å². The Labute approximate surface area is 102 Å². The van der Waals surface area contributed by atoms with E-state index >= 15 is 0 Å². The average molecular weight is 230 g/mol. The van der Waals surface area contributed by atoms with E-state index in [-0.39, 0.29) is 17.9 Å². The van der Waals surface area contributed by atoms with Crippen molar-refractivity contribution in [1.82, 2.24) is 10.6 Å². The molecule has 1 amide bonds. The smallest absolute Gasteiger partial charge is 0.229 e. The molecule has 90 valence electrons. The third-order valence-corrected chi connectivity index (χ3v) is 3.71. The quantitative estimate of drug-likeness (QED) is 0.809. The van der Waals surface area contributed by atoms with Crippen LogP contribution in [0.5, 0.6) is 0 Å². The fraction of sp³-hybridized carbons (Fsp3) is 0.500. The molecule has 17 heavy (non-hydrogen) atoms. The van der Waals surface area contributed by atoms with Crippen LogP contribution in [0.1, 0.15) is 36.8 Å². The van der Waals surface area contributed by atoms with Crippen molar-refractivity contribution in [3.8, 4) is 0 Å². The molecule has 1 heterocycles. The maximum Gasteiger partial charge on any atom is 0.229 e. The molecule has 0 saturated heterocycles. The van der Waals surface area contributed by atoms with Gasteiger partial charge in [-0.3, -0.25) is 4.79 Å². The van der Waals surface area contributed by atoms with Gasteiger partial charge >= 0.3 is 0 Å². The first-order valence-electron chi connectivity index (χ1n) is 6.37. The number of benzene rings is 1. The van der Waals surface area contributed by atoms with Gasteiger partial charge in [0, 0.05) is 18.6 Å². The van der Waals surface area contributed by atoms with Gasteiger partial charge in [0.05, 0.1) is 5.92 Å². The molecular weight excluding hydrogens is 212 g/mol. The molecule has 1 aromatic carbocycles. The summed E-state index contributed by atoms with van der Waals surface area (Å²) >= 11 is 0. The van der Waals surface area contributed by atoms with Gasteiger partial charge in [0.2, 0.25) is 5.91 Å². The van der Waals surface area contributed by atoms with Crippen molar-refractivity contribution in [3.05, 3.63) is 35.4 Å². The molecule has 3 rings (SSSR count). The maximum atomic E-state index is 12.3. The molecule has 2 atom stereocenters. The second-order valence-corrected chi connectivity index (χ2v) is 5.13. The summed E-state index contributed by atoms with van der Waals surface area (Å²) in [5.74, 6) is 0.139. The topological polar surface area (TPSA) is 41.1 Å². The predicted molar refractivity (Wildman–Crippen MR) is 66.6 cm³/mol. The highest BCUT2D eigenvalue weighted by Crippen LogP contribution is 2.29. The third kappa shape index (κ3) is 2.07. The van der Waals surface area contributed by atoms with Gasteiger partial charge in [-0.05, 0) is 30.9 Å². The van der Waals surface area contributed by atoms with Crippen LogP contribution in [-0.2, 0) is 11.3 Å². The third-order valence-electron chi connectivity index (χ3n) is 3.71. The lowest BCUT2D eigenvalue weighted by molar-refractivity contribution is -0.123. The zero-order valence-electron chi connectivity index (χ0n) is 10.1. The fourth-order valence-corrected chi connectivity index (χ4v) is 2.54. The summed E-state index contributed by atoms with van der Waals surface area (Å²) in [6.45, 7) is 2.96. The van der Waals surface area contributed by atoms with Gasteiger partial charge in [-0.2, -0.15) is 0 Å². The Balaban J connectivity index is 1.88. The molecule has 0 spiro atoms. The minimum absolute atomic E-state index is 0.0412. The lowest BCUT2D eigenvalue weighted by atomic mass is 9.85. The van der Waals surface area contributed by atoms with Crippen LogP contribution in [0, 0.1) is 0 Å². The van der Waals surface area contributed by atoms with E-state index in [1.165, 1.54) is 11.1 Å². The molecule has 0 radical (unpaired) electrons. The normalized spacial score (nSPS) is 27.4. The van der Waals surface area contributed by atoms with Gasteiger partial charge in [0.15, 0.2) is 0 Å². The van der Waals surface area contributed by atoms with Crippen molar-refractivity contribution in [2.45, 2.75) is 44.3 Å². The summed E-state index contributed by atoms with van der Waals surface area (Å²) in [5.41, 5.74) is 2.44. The van der Waals surface area contributed by atoms with Crippen molar-refractivity contribution in [1.29, 1.82) is 0 Å². The Hall–Kier alpha value is -1.35. The molecular formula is C14H18N2O. The Bertz CT molecular complexity index is 440. The molecule has 0 aromatic heterocycles. The summed E-state index contributed by atoms with van der Waals surface area (Å²) in [4.78, 5) is 12.3. The first kappa shape index (κ1) is 10.8. The zero-order valence-corrected chi connectivity index (χ0v) is 10.1. The minimum Gasteiger partial charge on any atom is -0.353 e. The van der Waals surface area contributed by atoms with Crippen LogP contribution in [0.2, 0.25) is 0 Å². The van der Waals surface area contributed by atoms with Gasteiger partial charge in [-0.25, -0.2) is 0 Å². The number of amides is 1. The van der Waals surface area contributed by atoms with Crippen LogP contribution in [0.15, 0.2) is 24.3 Å². The molecule has 1 aromatic rings. The van der Waals surface area contributed by atoms with Gasteiger partial charge in [0.25, 0.3) is 0 Å². The molecule has 1 fully saturated rings. The Kier molecular flexibility index (Phi) is 2.63. The number of carbonyl (C=O) groups excluding carboxylic acids is 1. The van der Waals surface area contributed by atoms with Crippen molar-refractivity contribution < 1.29 is 4.79 Å². The number of rotatable bonds is 2. The zero-order chi connectivity index (χ0) is 11.8. The number of carbonyl (C=O) groups is 1. The molecule has 0 bridgehead atoms. The van der Waals surface area contributed by atoms with Gasteiger partial charge in [-0.15, -0.1) is 0 Å².